The molecule has 1 saturated carbocycles. The van der Waals surface area contributed by atoms with Crippen LogP contribution in [-0.4, -0.2) is 50.2 Å². The summed E-state index contributed by atoms with van der Waals surface area (Å²) < 4.78 is 1.68. The molecule has 170 valence electrons. The lowest BCUT2D eigenvalue weighted by Gasteiger charge is -2.11. The Morgan fingerprint density at radius 1 is 1.15 bits per heavy atom. The zero-order valence-electron chi connectivity index (χ0n) is 18.5. The number of aliphatic imine (C=N–C) groups is 1. The van der Waals surface area contributed by atoms with Crippen molar-refractivity contribution < 1.29 is 9.59 Å². The van der Waals surface area contributed by atoms with Crippen molar-refractivity contribution in [2.75, 3.05) is 11.9 Å². The summed E-state index contributed by atoms with van der Waals surface area (Å²) in [4.78, 5) is 37.5. The molecule has 2 aromatic heterocycles. The van der Waals surface area contributed by atoms with Gasteiger partial charge in [0.1, 0.15) is 5.82 Å². The molecule has 2 N–H and O–H groups in total. The molecule has 0 radical (unpaired) electrons. The molecule has 0 atom stereocenters. The Balaban J connectivity index is 1.34. The Kier molecular flexibility index (Phi) is 5.01. The van der Waals surface area contributed by atoms with Crippen LogP contribution in [0.2, 0.25) is 0 Å². The van der Waals surface area contributed by atoms with Crippen LogP contribution in [0.5, 0.6) is 0 Å². The smallest absolute Gasteiger partial charge is 0.254 e. The summed E-state index contributed by atoms with van der Waals surface area (Å²) in [6.45, 7) is 0.725. The molecule has 3 aromatic rings. The number of aromatic nitrogens is 4. The predicted octanol–water partition coefficient (Wildman–Crippen LogP) is 2.38. The first-order valence-electron chi connectivity index (χ1n) is 11.5. The number of benzene rings is 1. The van der Waals surface area contributed by atoms with Gasteiger partial charge in [0.15, 0.2) is 5.65 Å². The van der Waals surface area contributed by atoms with Crippen molar-refractivity contribution in [1.29, 1.82) is 0 Å². The summed E-state index contributed by atoms with van der Waals surface area (Å²) in [6.07, 6.45) is 11.1. The molecule has 0 bridgehead atoms. The fourth-order valence-corrected chi connectivity index (χ4v) is 4.27. The molecule has 4 heterocycles. The Morgan fingerprint density at radius 3 is 2.79 bits per heavy atom. The van der Waals surface area contributed by atoms with E-state index in [1.54, 1.807) is 16.8 Å². The molecule has 3 aliphatic rings. The van der Waals surface area contributed by atoms with Crippen LogP contribution in [0.25, 0.3) is 17.3 Å². The molecule has 1 aliphatic carbocycles. The third-order valence-electron chi connectivity index (χ3n) is 6.17. The number of hydrogen-bond donors (Lipinski definition) is 2. The maximum absolute atomic E-state index is 12.0. The molecule has 34 heavy (non-hydrogen) atoms. The third kappa shape index (κ3) is 4.00. The second-order valence-corrected chi connectivity index (χ2v) is 8.75. The van der Waals surface area contributed by atoms with Crippen LogP contribution >= 0.6 is 0 Å². The number of fused-ring (bicyclic) bond motifs is 1. The molecular formula is C25H23N7O2. The number of imide groups is 1. The second kappa shape index (κ2) is 8.33. The van der Waals surface area contributed by atoms with Crippen LogP contribution in [0.4, 0.5) is 5.95 Å². The van der Waals surface area contributed by atoms with E-state index in [-0.39, 0.29) is 18.2 Å². The Bertz CT molecular complexity index is 1410. The summed E-state index contributed by atoms with van der Waals surface area (Å²) in [7, 11) is 0. The molecular weight excluding hydrogens is 430 g/mol. The van der Waals surface area contributed by atoms with Gasteiger partial charge in [-0.05, 0) is 42.0 Å². The Labute approximate surface area is 195 Å². The Morgan fingerprint density at radius 2 is 2.03 bits per heavy atom. The molecule has 1 saturated heterocycles. The van der Waals surface area contributed by atoms with Crippen molar-refractivity contribution in [1.82, 2.24) is 24.9 Å². The zero-order chi connectivity index (χ0) is 23.1. The minimum atomic E-state index is -0.365. The summed E-state index contributed by atoms with van der Waals surface area (Å²) in [5.74, 6) is 0.696. The number of carbonyl (C=O) groups is 2. The largest absolute Gasteiger partial charge is 0.351 e. The van der Waals surface area contributed by atoms with E-state index in [0.717, 1.165) is 31.4 Å². The normalized spacial score (nSPS) is 18.7. The standard InChI is InChI=1S/C25H23N7O2/c33-22-12-17(24(34)31-22)11-18-14-27-32-23(18)29-21(30-25(32)28-19-6-7-19)8-5-15-3-1-2-4-20(15)16-9-10-26-13-16/h1-4,9,11,13-14,19H,5-8,10,12H2,(H,28,29,30)(H,31,33,34)/b17-11+. The van der Waals surface area contributed by atoms with Crippen LogP contribution in [0.15, 0.2) is 47.1 Å². The molecule has 9 heteroatoms. The van der Waals surface area contributed by atoms with Gasteiger partial charge in [0.25, 0.3) is 5.91 Å². The van der Waals surface area contributed by atoms with Crippen molar-refractivity contribution in [3.05, 3.63) is 64.6 Å². The van der Waals surface area contributed by atoms with Gasteiger partial charge in [-0.25, -0.2) is 4.98 Å². The molecule has 2 amide bonds. The van der Waals surface area contributed by atoms with E-state index >= 15 is 0 Å². The van der Waals surface area contributed by atoms with Crippen LogP contribution in [-0.2, 0) is 22.4 Å². The zero-order valence-corrected chi connectivity index (χ0v) is 18.5. The highest BCUT2D eigenvalue weighted by Crippen LogP contribution is 2.26. The molecule has 1 aromatic carbocycles. The monoisotopic (exact) mass is 453 g/mol. The highest BCUT2D eigenvalue weighted by Gasteiger charge is 2.26. The number of nitrogens with zero attached hydrogens (tertiary/aromatic N) is 5. The van der Waals surface area contributed by atoms with E-state index in [1.807, 2.05) is 18.3 Å². The third-order valence-corrected chi connectivity index (χ3v) is 6.17. The average Bonchev–Trinajstić information content (AvgIpc) is 3.20. The summed E-state index contributed by atoms with van der Waals surface area (Å²) in [5.41, 5.74) is 5.28. The lowest BCUT2D eigenvalue weighted by Crippen LogP contribution is -2.19. The second-order valence-electron chi connectivity index (χ2n) is 8.75. The number of aryl methyl sites for hydroxylation is 2. The molecule has 0 unspecified atom stereocenters. The molecule has 6 rings (SSSR count). The van der Waals surface area contributed by atoms with Crippen molar-refractivity contribution in [3.8, 4) is 0 Å². The van der Waals surface area contributed by atoms with Gasteiger partial charge >= 0.3 is 0 Å². The van der Waals surface area contributed by atoms with E-state index in [4.69, 9.17) is 9.97 Å². The quantitative estimate of drug-likeness (QED) is 0.419. The fraction of sp³-hybridized carbons (Fsp3) is 0.280. The van der Waals surface area contributed by atoms with Gasteiger partial charge in [-0.2, -0.15) is 14.6 Å². The fourth-order valence-electron chi connectivity index (χ4n) is 4.27. The predicted molar refractivity (Wildman–Crippen MR) is 128 cm³/mol. The van der Waals surface area contributed by atoms with Crippen molar-refractivity contribution in [3.63, 3.8) is 0 Å². The number of rotatable bonds is 7. The minimum absolute atomic E-state index is 0.0667. The lowest BCUT2D eigenvalue weighted by molar-refractivity contribution is -0.124. The SMILES string of the molecule is O=C1C/C(=C\c2cnn3c(NC4CC4)nc(CCc4ccccc4C4=CCN=C4)nc23)C(=O)N1. The summed E-state index contributed by atoms with van der Waals surface area (Å²) in [5, 5.41) is 10.2. The first kappa shape index (κ1) is 20.5. The topological polar surface area (TPSA) is 114 Å². The maximum atomic E-state index is 12.0. The van der Waals surface area contributed by atoms with Crippen molar-refractivity contribution in [2.24, 2.45) is 4.99 Å². The molecule has 9 nitrogen and oxygen atoms in total. The first-order valence-corrected chi connectivity index (χ1v) is 11.5. The van der Waals surface area contributed by atoms with Gasteiger partial charge in [-0.1, -0.05) is 30.3 Å². The van der Waals surface area contributed by atoms with Crippen LogP contribution in [0.1, 0.15) is 41.8 Å². The minimum Gasteiger partial charge on any atom is -0.351 e. The lowest BCUT2D eigenvalue weighted by atomic mass is 9.97. The van der Waals surface area contributed by atoms with Gasteiger partial charge < -0.3 is 5.32 Å². The van der Waals surface area contributed by atoms with Gasteiger partial charge in [0.05, 0.1) is 19.2 Å². The Hall–Kier alpha value is -4.14. The van der Waals surface area contributed by atoms with E-state index in [2.05, 4.69) is 38.9 Å². The van der Waals surface area contributed by atoms with E-state index in [9.17, 15) is 9.59 Å². The summed E-state index contributed by atoms with van der Waals surface area (Å²) >= 11 is 0. The maximum Gasteiger partial charge on any atom is 0.254 e. The van der Waals surface area contributed by atoms with Crippen LogP contribution in [0.3, 0.4) is 0 Å². The number of allylic oxidation sites excluding steroid dienone is 1. The van der Waals surface area contributed by atoms with Gasteiger partial charge in [0.2, 0.25) is 11.9 Å². The molecule has 2 fully saturated rings. The number of nitrogens with one attached hydrogen (secondary N) is 2. The average molecular weight is 454 g/mol. The van der Waals surface area contributed by atoms with E-state index in [0.29, 0.717) is 41.0 Å². The highest BCUT2D eigenvalue weighted by molar-refractivity contribution is 6.15. The van der Waals surface area contributed by atoms with Crippen molar-refractivity contribution in [2.45, 2.75) is 38.1 Å². The van der Waals surface area contributed by atoms with Crippen LogP contribution in [0, 0.1) is 0 Å². The number of anilines is 1. The first-order chi connectivity index (χ1) is 16.6. The number of carbonyl (C=O) groups excluding carboxylic acids is 2. The van der Waals surface area contributed by atoms with Gasteiger partial charge in [-0.15, -0.1) is 0 Å². The summed E-state index contributed by atoms with van der Waals surface area (Å²) in [6, 6.07) is 8.74. The number of amides is 2. The molecule has 0 spiro atoms. The van der Waals surface area contributed by atoms with Gasteiger partial charge in [0, 0.05) is 29.8 Å². The highest BCUT2D eigenvalue weighted by atomic mass is 16.2. The number of hydrogen-bond acceptors (Lipinski definition) is 7. The van der Waals surface area contributed by atoms with E-state index < -0.39 is 0 Å². The van der Waals surface area contributed by atoms with Gasteiger partial charge in [-0.3, -0.25) is 19.9 Å². The van der Waals surface area contributed by atoms with Crippen LogP contribution < -0.4 is 10.6 Å². The van der Waals surface area contributed by atoms with Crippen molar-refractivity contribution >= 4 is 41.3 Å². The molecule has 2 aliphatic heterocycles. The van der Waals surface area contributed by atoms with E-state index in [1.165, 1.54) is 11.1 Å².